The van der Waals surface area contributed by atoms with E-state index in [1.165, 1.54) is 16.7 Å². The van der Waals surface area contributed by atoms with Gasteiger partial charge >= 0.3 is 5.97 Å². The molecular weight excluding hydrogens is 483 g/mol. The van der Waals surface area contributed by atoms with Crippen molar-refractivity contribution in [2.75, 3.05) is 19.4 Å². The molecule has 0 saturated heterocycles. The van der Waals surface area contributed by atoms with Gasteiger partial charge in [-0.25, -0.2) is 0 Å². The van der Waals surface area contributed by atoms with Gasteiger partial charge in [0.1, 0.15) is 11.0 Å². The van der Waals surface area contributed by atoms with E-state index in [1.807, 2.05) is 12.1 Å². The van der Waals surface area contributed by atoms with Crippen LogP contribution in [-0.4, -0.2) is 41.8 Å². The van der Waals surface area contributed by atoms with Crippen LogP contribution >= 0.6 is 35.0 Å². The molecular formula is C23H24Cl2N4O3S. The number of hydrogen-bond donors (Lipinski definition) is 4. The number of aliphatic carboxylic acids is 1. The summed E-state index contributed by atoms with van der Waals surface area (Å²) in [4.78, 5) is 24.9. The summed E-state index contributed by atoms with van der Waals surface area (Å²) in [7, 11) is 3.28. The Labute approximate surface area is 207 Å². The average molecular weight is 507 g/mol. The zero-order chi connectivity index (χ0) is 24.5. The van der Waals surface area contributed by atoms with Crippen molar-refractivity contribution in [3.63, 3.8) is 0 Å². The third-order valence-corrected chi connectivity index (χ3v) is 5.81. The van der Waals surface area contributed by atoms with Crippen LogP contribution in [0.3, 0.4) is 0 Å². The molecule has 2 rings (SSSR count). The number of nitrogens with one attached hydrogen (secondary N) is 3. The molecule has 0 atom stereocenters. The Kier molecular flexibility index (Phi) is 9.84. The van der Waals surface area contributed by atoms with Crippen molar-refractivity contribution < 1.29 is 14.7 Å². The molecule has 2 aromatic carbocycles. The van der Waals surface area contributed by atoms with E-state index in [9.17, 15) is 9.59 Å². The molecule has 2 aromatic rings. The van der Waals surface area contributed by atoms with Gasteiger partial charge in [-0.05, 0) is 42.0 Å². The highest BCUT2D eigenvalue weighted by atomic mass is 35.5. The van der Waals surface area contributed by atoms with E-state index in [0.717, 1.165) is 5.56 Å². The van der Waals surface area contributed by atoms with Crippen LogP contribution in [0, 0.1) is 5.41 Å². The van der Waals surface area contributed by atoms with Crippen LogP contribution < -0.4 is 10.6 Å². The molecule has 0 aliphatic rings. The second-order valence-electron chi connectivity index (χ2n) is 7.10. The van der Waals surface area contributed by atoms with Crippen molar-refractivity contribution in [2.24, 2.45) is 0 Å². The first kappa shape index (κ1) is 26.3. The van der Waals surface area contributed by atoms with Gasteiger partial charge in [0.25, 0.3) is 5.91 Å². The molecule has 0 radical (unpaired) electrons. The zero-order valence-corrected chi connectivity index (χ0v) is 20.4. The first-order chi connectivity index (χ1) is 15.6. The standard InChI is InChI=1S/C23H24Cl2N4O3S/c1-14(27-21(25)19(12-20(30)31)22(26)29(2)3)33-13-15-4-10-18(11-5-15)28-23(32)16-6-8-17(24)9-7-16/h4-11,26-27H,1,12-13H2,2-3H3,(H,28,32)(H,30,31). The van der Waals surface area contributed by atoms with E-state index in [-0.39, 0.29) is 28.9 Å². The van der Waals surface area contributed by atoms with Crippen LogP contribution in [0.15, 0.2) is 70.9 Å². The quantitative estimate of drug-likeness (QED) is 0.196. The SMILES string of the molecule is C=C(NC(Cl)=C(CC(=O)O)C(=N)N(C)C)SCc1ccc(NC(=O)c2ccc(Cl)cc2)cc1. The van der Waals surface area contributed by atoms with Crippen molar-refractivity contribution in [3.05, 3.63) is 87.0 Å². The lowest BCUT2D eigenvalue weighted by Crippen LogP contribution is -2.26. The number of amidine groups is 1. The maximum atomic E-state index is 12.3. The fourth-order valence-electron chi connectivity index (χ4n) is 2.58. The number of amides is 1. The summed E-state index contributed by atoms with van der Waals surface area (Å²) < 4.78 is 0. The highest BCUT2D eigenvalue weighted by molar-refractivity contribution is 8.02. The Morgan fingerprint density at radius 3 is 2.27 bits per heavy atom. The number of carbonyl (C=O) groups excluding carboxylic acids is 1. The van der Waals surface area contributed by atoms with Gasteiger partial charge in [-0.2, -0.15) is 0 Å². The summed E-state index contributed by atoms with van der Waals surface area (Å²) in [6, 6.07) is 14.0. The number of carboxylic acid groups (broad SMARTS) is 1. The number of hydrogen-bond acceptors (Lipinski definition) is 5. The molecule has 0 aromatic heterocycles. The summed E-state index contributed by atoms with van der Waals surface area (Å²) in [6.07, 6.45) is -0.385. The summed E-state index contributed by atoms with van der Waals surface area (Å²) in [5.41, 5.74) is 2.32. The Morgan fingerprint density at radius 1 is 1.12 bits per heavy atom. The number of nitrogens with zero attached hydrogens (tertiary/aromatic N) is 1. The molecule has 1 amide bonds. The number of benzene rings is 2. The monoisotopic (exact) mass is 506 g/mol. The van der Waals surface area contributed by atoms with Gasteiger partial charge in [0.05, 0.1) is 11.4 Å². The Morgan fingerprint density at radius 2 is 1.73 bits per heavy atom. The number of thioether (sulfide) groups is 1. The van der Waals surface area contributed by atoms with Crippen LogP contribution in [0.4, 0.5) is 5.69 Å². The number of likely N-dealkylation sites (N-methyl/N-ethyl adjacent to an activating group) is 1. The van der Waals surface area contributed by atoms with Crippen molar-refractivity contribution in [1.82, 2.24) is 10.2 Å². The predicted molar refractivity (Wildman–Crippen MR) is 136 cm³/mol. The lowest BCUT2D eigenvalue weighted by atomic mass is 10.1. The smallest absolute Gasteiger partial charge is 0.308 e. The second-order valence-corrected chi connectivity index (χ2v) is 8.99. The number of rotatable bonds is 10. The molecule has 33 heavy (non-hydrogen) atoms. The number of carbonyl (C=O) groups is 2. The lowest BCUT2D eigenvalue weighted by Gasteiger charge is -2.18. The second kappa shape index (κ2) is 12.3. The van der Waals surface area contributed by atoms with Crippen LogP contribution in [0.1, 0.15) is 22.3 Å². The topological polar surface area (TPSA) is 106 Å². The maximum absolute atomic E-state index is 12.3. The van der Waals surface area contributed by atoms with E-state index >= 15 is 0 Å². The maximum Gasteiger partial charge on any atom is 0.308 e. The average Bonchev–Trinajstić information content (AvgIpc) is 2.76. The molecule has 0 aliphatic carbocycles. The Bertz CT molecular complexity index is 1070. The first-order valence-corrected chi connectivity index (χ1v) is 11.4. The predicted octanol–water partition coefficient (Wildman–Crippen LogP) is 5.35. The van der Waals surface area contributed by atoms with Crippen LogP contribution in [0.2, 0.25) is 5.02 Å². The van der Waals surface area contributed by atoms with Crippen molar-refractivity contribution in [1.29, 1.82) is 5.41 Å². The minimum atomic E-state index is -1.09. The van der Waals surface area contributed by atoms with Gasteiger partial charge in [-0.3, -0.25) is 15.0 Å². The molecule has 10 heteroatoms. The summed E-state index contributed by atoms with van der Waals surface area (Å²) in [6.45, 7) is 3.91. The van der Waals surface area contributed by atoms with Crippen molar-refractivity contribution >= 4 is 58.4 Å². The van der Waals surface area contributed by atoms with Gasteiger partial charge in [0.2, 0.25) is 0 Å². The van der Waals surface area contributed by atoms with Crippen molar-refractivity contribution in [2.45, 2.75) is 12.2 Å². The number of halogens is 2. The third-order valence-electron chi connectivity index (χ3n) is 4.31. The number of carboxylic acids is 1. The highest BCUT2D eigenvalue weighted by Crippen LogP contribution is 2.23. The molecule has 0 spiro atoms. The summed E-state index contributed by atoms with van der Waals surface area (Å²) in [5.74, 6) is -0.740. The molecule has 0 bridgehead atoms. The molecule has 0 aliphatic heterocycles. The van der Waals surface area contributed by atoms with E-state index in [2.05, 4.69) is 17.2 Å². The van der Waals surface area contributed by atoms with E-state index < -0.39 is 5.97 Å². The van der Waals surface area contributed by atoms with E-state index in [1.54, 1.807) is 50.5 Å². The molecule has 0 unspecified atom stereocenters. The van der Waals surface area contributed by atoms with E-state index in [4.69, 9.17) is 33.7 Å². The van der Waals surface area contributed by atoms with Gasteiger partial charge in [0, 0.05) is 41.7 Å². The van der Waals surface area contributed by atoms with Gasteiger partial charge in [0.15, 0.2) is 0 Å². The summed E-state index contributed by atoms with van der Waals surface area (Å²) >= 11 is 13.5. The van der Waals surface area contributed by atoms with Crippen LogP contribution in [-0.2, 0) is 10.5 Å². The van der Waals surface area contributed by atoms with E-state index in [0.29, 0.717) is 27.1 Å². The van der Waals surface area contributed by atoms with Gasteiger partial charge < -0.3 is 20.6 Å². The van der Waals surface area contributed by atoms with Gasteiger partial charge in [-0.1, -0.05) is 41.9 Å². The molecule has 4 N–H and O–H groups in total. The fourth-order valence-corrected chi connectivity index (χ4v) is 3.74. The summed E-state index contributed by atoms with van der Waals surface area (Å²) in [5, 5.41) is 24.0. The molecule has 0 heterocycles. The minimum Gasteiger partial charge on any atom is -0.481 e. The fraction of sp³-hybridized carbons (Fsp3) is 0.174. The van der Waals surface area contributed by atoms with Crippen molar-refractivity contribution in [3.8, 4) is 0 Å². The Hall–Kier alpha value is -2.94. The van der Waals surface area contributed by atoms with Gasteiger partial charge in [-0.15, -0.1) is 11.8 Å². The Balaban J connectivity index is 1.94. The first-order valence-electron chi connectivity index (χ1n) is 9.68. The molecule has 0 fully saturated rings. The lowest BCUT2D eigenvalue weighted by molar-refractivity contribution is -0.136. The number of anilines is 1. The molecule has 174 valence electrons. The largest absolute Gasteiger partial charge is 0.481 e. The highest BCUT2D eigenvalue weighted by Gasteiger charge is 2.17. The minimum absolute atomic E-state index is 0.00364. The third kappa shape index (κ3) is 8.49. The zero-order valence-electron chi connectivity index (χ0n) is 18.1. The molecule has 7 nitrogen and oxygen atoms in total. The molecule has 0 saturated carbocycles. The van der Waals surface area contributed by atoms with Crippen LogP contribution in [0.5, 0.6) is 0 Å². The normalized spacial score (nSPS) is 11.3. The van der Waals surface area contributed by atoms with Crippen LogP contribution in [0.25, 0.3) is 0 Å².